The number of carbonyl (C=O) groups excluding carboxylic acids is 1. The van der Waals surface area contributed by atoms with Gasteiger partial charge in [-0.3, -0.25) is 4.79 Å². The molecule has 1 aliphatic heterocycles. The first kappa shape index (κ1) is 17.9. The summed E-state index contributed by atoms with van der Waals surface area (Å²) < 4.78 is 0. The number of nitrogens with zero attached hydrogens (tertiary/aromatic N) is 3. The van der Waals surface area contributed by atoms with E-state index >= 15 is 0 Å². The molecule has 0 spiro atoms. The summed E-state index contributed by atoms with van der Waals surface area (Å²) in [5, 5.41) is 13.6. The Labute approximate surface area is 155 Å². The molecule has 25 heavy (non-hydrogen) atoms. The molecule has 0 bridgehead atoms. The molecule has 2 N–H and O–H groups in total. The van der Waals surface area contributed by atoms with Gasteiger partial charge in [-0.1, -0.05) is 35.3 Å². The first-order chi connectivity index (χ1) is 12.0. The van der Waals surface area contributed by atoms with Crippen molar-refractivity contribution < 1.29 is 9.90 Å². The molecule has 2 aromatic rings. The SMILES string of the molecule is O=C(NC[C@H](O)c1ccc(Cl)cc1)c1nc(N2CCCC2)ncc1Cl. The Balaban J connectivity index is 1.66. The molecule has 1 amide bonds. The molecule has 6 nitrogen and oxygen atoms in total. The van der Waals surface area contributed by atoms with Gasteiger partial charge in [0.15, 0.2) is 5.69 Å². The molecule has 3 rings (SSSR count). The lowest BCUT2D eigenvalue weighted by atomic mass is 10.1. The van der Waals surface area contributed by atoms with Crippen molar-refractivity contribution in [2.24, 2.45) is 0 Å². The molecule has 8 heteroatoms. The molecule has 1 saturated heterocycles. The zero-order valence-electron chi connectivity index (χ0n) is 13.5. The number of halogens is 2. The molecule has 0 aliphatic carbocycles. The van der Waals surface area contributed by atoms with Crippen LogP contribution in [0.25, 0.3) is 0 Å². The zero-order valence-corrected chi connectivity index (χ0v) is 15.0. The molecule has 0 unspecified atom stereocenters. The Morgan fingerprint density at radius 1 is 1.24 bits per heavy atom. The van der Waals surface area contributed by atoms with Gasteiger partial charge in [-0.05, 0) is 30.5 Å². The fourth-order valence-electron chi connectivity index (χ4n) is 2.66. The highest BCUT2D eigenvalue weighted by Gasteiger charge is 2.20. The van der Waals surface area contributed by atoms with Crippen molar-refractivity contribution in [3.05, 3.63) is 51.8 Å². The van der Waals surface area contributed by atoms with Gasteiger partial charge in [0.1, 0.15) is 0 Å². The van der Waals surface area contributed by atoms with Crippen LogP contribution in [0.1, 0.15) is 35.0 Å². The van der Waals surface area contributed by atoms with Crippen molar-refractivity contribution in [3.63, 3.8) is 0 Å². The van der Waals surface area contributed by atoms with Crippen molar-refractivity contribution in [3.8, 4) is 0 Å². The Bertz CT molecular complexity index is 749. The molecule has 132 valence electrons. The van der Waals surface area contributed by atoms with Crippen LogP contribution in [0, 0.1) is 0 Å². The highest BCUT2D eigenvalue weighted by molar-refractivity contribution is 6.33. The van der Waals surface area contributed by atoms with Gasteiger partial charge in [-0.2, -0.15) is 0 Å². The fourth-order valence-corrected chi connectivity index (χ4v) is 2.97. The molecule has 0 saturated carbocycles. The van der Waals surface area contributed by atoms with Crippen LogP contribution in [0.2, 0.25) is 10.0 Å². The van der Waals surface area contributed by atoms with Crippen molar-refractivity contribution >= 4 is 35.1 Å². The minimum absolute atomic E-state index is 0.0415. The molecular weight excluding hydrogens is 363 g/mol. The monoisotopic (exact) mass is 380 g/mol. The van der Waals surface area contributed by atoms with Crippen LogP contribution in [0.15, 0.2) is 30.5 Å². The number of anilines is 1. The Morgan fingerprint density at radius 3 is 2.60 bits per heavy atom. The summed E-state index contributed by atoms with van der Waals surface area (Å²) in [5.74, 6) is 0.0613. The normalized spacial score (nSPS) is 15.2. The average molecular weight is 381 g/mol. The van der Waals surface area contributed by atoms with Gasteiger partial charge in [0.25, 0.3) is 5.91 Å². The predicted molar refractivity (Wildman–Crippen MR) is 97.2 cm³/mol. The maximum Gasteiger partial charge on any atom is 0.271 e. The number of aliphatic hydroxyl groups excluding tert-OH is 1. The van der Waals surface area contributed by atoms with Gasteiger partial charge in [0.05, 0.1) is 17.3 Å². The van der Waals surface area contributed by atoms with Crippen LogP contribution in [-0.2, 0) is 0 Å². The van der Waals surface area contributed by atoms with E-state index < -0.39 is 12.0 Å². The highest BCUT2D eigenvalue weighted by atomic mass is 35.5. The molecule has 1 aromatic heterocycles. The minimum atomic E-state index is -0.847. The first-order valence-electron chi connectivity index (χ1n) is 8.04. The van der Waals surface area contributed by atoms with E-state index in [1.165, 1.54) is 6.20 Å². The smallest absolute Gasteiger partial charge is 0.271 e. The van der Waals surface area contributed by atoms with Gasteiger partial charge in [0.2, 0.25) is 5.95 Å². The van der Waals surface area contributed by atoms with Crippen LogP contribution in [0.5, 0.6) is 0 Å². The third-order valence-electron chi connectivity index (χ3n) is 4.05. The molecule has 1 fully saturated rings. The van der Waals surface area contributed by atoms with E-state index in [-0.39, 0.29) is 17.3 Å². The van der Waals surface area contributed by atoms with Gasteiger partial charge < -0.3 is 15.3 Å². The summed E-state index contributed by atoms with van der Waals surface area (Å²) in [6.07, 6.45) is 2.76. The number of hydrogen-bond acceptors (Lipinski definition) is 5. The quantitative estimate of drug-likeness (QED) is 0.833. The van der Waals surface area contributed by atoms with Crippen LogP contribution >= 0.6 is 23.2 Å². The molecule has 1 aliphatic rings. The van der Waals surface area contributed by atoms with Crippen molar-refractivity contribution in [2.45, 2.75) is 18.9 Å². The number of amides is 1. The molecular formula is C17H18Cl2N4O2. The lowest BCUT2D eigenvalue weighted by molar-refractivity contribution is 0.0911. The number of aromatic nitrogens is 2. The van der Waals surface area contributed by atoms with Crippen molar-refractivity contribution in [1.82, 2.24) is 15.3 Å². The minimum Gasteiger partial charge on any atom is -0.387 e. The second-order valence-corrected chi connectivity index (χ2v) is 6.68. The van der Waals surface area contributed by atoms with Crippen molar-refractivity contribution in [2.75, 3.05) is 24.5 Å². The van der Waals surface area contributed by atoms with E-state index in [0.717, 1.165) is 25.9 Å². The molecule has 1 aromatic carbocycles. The lowest BCUT2D eigenvalue weighted by Gasteiger charge is -2.16. The van der Waals surface area contributed by atoms with E-state index in [2.05, 4.69) is 15.3 Å². The van der Waals surface area contributed by atoms with E-state index in [1.54, 1.807) is 24.3 Å². The van der Waals surface area contributed by atoms with Gasteiger partial charge >= 0.3 is 0 Å². The van der Waals surface area contributed by atoms with Crippen LogP contribution in [0.4, 0.5) is 5.95 Å². The highest BCUT2D eigenvalue weighted by Crippen LogP contribution is 2.20. The van der Waals surface area contributed by atoms with Crippen LogP contribution in [-0.4, -0.2) is 40.6 Å². The summed E-state index contributed by atoms with van der Waals surface area (Å²) in [5.41, 5.74) is 0.776. The second kappa shape index (κ2) is 7.99. The summed E-state index contributed by atoms with van der Waals surface area (Å²) >= 11 is 11.9. The lowest BCUT2D eigenvalue weighted by Crippen LogP contribution is -2.30. The molecule has 1 atom stereocenters. The average Bonchev–Trinajstić information content (AvgIpc) is 3.15. The molecule has 0 radical (unpaired) electrons. The van der Waals surface area contributed by atoms with Crippen LogP contribution < -0.4 is 10.2 Å². The zero-order chi connectivity index (χ0) is 17.8. The summed E-state index contributed by atoms with van der Waals surface area (Å²) in [7, 11) is 0. The number of aliphatic hydroxyl groups is 1. The number of hydrogen-bond donors (Lipinski definition) is 2. The van der Waals surface area contributed by atoms with E-state index in [4.69, 9.17) is 23.2 Å². The number of benzene rings is 1. The maximum absolute atomic E-state index is 12.4. The van der Waals surface area contributed by atoms with E-state index in [1.807, 2.05) is 4.90 Å². The topological polar surface area (TPSA) is 78.3 Å². The number of carbonyl (C=O) groups is 1. The van der Waals surface area contributed by atoms with E-state index in [9.17, 15) is 9.90 Å². The van der Waals surface area contributed by atoms with E-state index in [0.29, 0.717) is 16.5 Å². The summed E-state index contributed by atoms with van der Waals surface area (Å²) in [6.45, 7) is 1.79. The Hall–Kier alpha value is -1.89. The maximum atomic E-state index is 12.4. The second-order valence-electron chi connectivity index (χ2n) is 5.84. The first-order valence-corrected chi connectivity index (χ1v) is 8.79. The van der Waals surface area contributed by atoms with Crippen molar-refractivity contribution in [1.29, 1.82) is 0 Å². The predicted octanol–water partition coefficient (Wildman–Crippen LogP) is 2.85. The largest absolute Gasteiger partial charge is 0.387 e. The number of rotatable bonds is 5. The summed E-state index contributed by atoms with van der Waals surface area (Å²) in [4.78, 5) is 22.9. The van der Waals surface area contributed by atoms with Gasteiger partial charge in [0, 0.05) is 24.7 Å². The van der Waals surface area contributed by atoms with Crippen LogP contribution in [0.3, 0.4) is 0 Å². The number of nitrogens with one attached hydrogen (secondary N) is 1. The van der Waals surface area contributed by atoms with Gasteiger partial charge in [-0.15, -0.1) is 0 Å². The Morgan fingerprint density at radius 2 is 1.92 bits per heavy atom. The third kappa shape index (κ3) is 4.39. The summed E-state index contributed by atoms with van der Waals surface area (Å²) in [6, 6.07) is 6.79. The molecule has 2 heterocycles. The fraction of sp³-hybridized carbons (Fsp3) is 0.353. The third-order valence-corrected chi connectivity index (χ3v) is 4.57. The van der Waals surface area contributed by atoms with Gasteiger partial charge in [-0.25, -0.2) is 9.97 Å². The standard InChI is InChI=1S/C17H18Cl2N4O2/c18-12-5-3-11(4-6-12)14(24)10-20-16(25)15-13(19)9-21-17(22-15)23-7-1-2-8-23/h3-6,9,14,24H,1-2,7-8,10H2,(H,20,25)/t14-/m0/s1. The Kier molecular flexibility index (Phi) is 5.73.